The van der Waals surface area contributed by atoms with Gasteiger partial charge in [-0.25, -0.2) is 9.18 Å². The summed E-state index contributed by atoms with van der Waals surface area (Å²) in [5.74, 6) is -0.668. The molecule has 0 saturated carbocycles. The van der Waals surface area contributed by atoms with Crippen molar-refractivity contribution >= 4 is 5.97 Å². The summed E-state index contributed by atoms with van der Waals surface area (Å²) in [4.78, 5) is 12.0. The molecule has 1 saturated heterocycles. The lowest BCUT2D eigenvalue weighted by Gasteiger charge is -2.26. The van der Waals surface area contributed by atoms with Crippen molar-refractivity contribution in [3.63, 3.8) is 0 Å². The molecule has 2 rings (SSSR count). The Hall–Kier alpha value is -1.50. The van der Waals surface area contributed by atoms with Crippen LogP contribution in [-0.2, 0) is 14.2 Å². The first kappa shape index (κ1) is 14.9. The number of aliphatic hydroxyl groups is 1. The summed E-state index contributed by atoms with van der Waals surface area (Å²) in [6, 6.07) is 8.24. The van der Waals surface area contributed by atoms with Gasteiger partial charge in [0.05, 0.1) is 12.2 Å². The quantitative estimate of drug-likeness (QED) is 0.844. The van der Waals surface area contributed by atoms with Crippen LogP contribution < -0.4 is 0 Å². The van der Waals surface area contributed by atoms with Gasteiger partial charge in [-0.15, -0.1) is 0 Å². The number of methoxy groups -OCH3 is 1. The van der Waals surface area contributed by atoms with E-state index in [0.29, 0.717) is 5.56 Å². The molecule has 0 amide bonds. The monoisotopic (exact) mass is 284 g/mol. The molecular weight excluding hydrogens is 267 g/mol. The fourth-order valence-corrected chi connectivity index (χ4v) is 2.23. The van der Waals surface area contributed by atoms with E-state index in [9.17, 15) is 14.3 Å². The third-order valence-corrected chi connectivity index (χ3v) is 3.29. The zero-order valence-electron chi connectivity index (χ0n) is 11.3. The lowest BCUT2D eigenvalue weighted by atomic mass is 9.99. The van der Waals surface area contributed by atoms with Crippen molar-refractivity contribution in [2.45, 2.75) is 31.1 Å². The molecular formula is C14H17FO5. The first-order valence-corrected chi connectivity index (χ1v) is 6.24. The average Bonchev–Trinajstić information content (AvgIpc) is 2.70. The Morgan fingerprint density at radius 2 is 2.10 bits per heavy atom. The topological polar surface area (TPSA) is 65.0 Å². The van der Waals surface area contributed by atoms with Gasteiger partial charge < -0.3 is 19.3 Å². The molecule has 20 heavy (non-hydrogen) atoms. The minimum absolute atomic E-state index is 0.306. The van der Waals surface area contributed by atoms with Gasteiger partial charge in [0.15, 0.2) is 18.1 Å². The predicted molar refractivity (Wildman–Crippen MR) is 67.9 cm³/mol. The fraction of sp³-hybridized carbons (Fsp3) is 0.500. The molecule has 0 spiro atoms. The van der Waals surface area contributed by atoms with Crippen LogP contribution in [0.3, 0.4) is 0 Å². The number of hydrogen-bond donors (Lipinski definition) is 1. The lowest BCUT2D eigenvalue weighted by Crippen LogP contribution is -2.45. The highest BCUT2D eigenvalue weighted by molar-refractivity contribution is 5.89. The number of rotatable bonds is 4. The highest BCUT2D eigenvalue weighted by Gasteiger charge is 2.57. The first-order chi connectivity index (χ1) is 9.50. The number of hydrogen-bond acceptors (Lipinski definition) is 5. The van der Waals surface area contributed by atoms with Gasteiger partial charge in [0.1, 0.15) is 6.10 Å². The van der Waals surface area contributed by atoms with E-state index in [1.54, 1.807) is 30.3 Å². The maximum atomic E-state index is 14.6. The summed E-state index contributed by atoms with van der Waals surface area (Å²) >= 11 is 0. The van der Waals surface area contributed by atoms with E-state index in [1.165, 1.54) is 14.0 Å². The van der Waals surface area contributed by atoms with E-state index in [0.717, 1.165) is 0 Å². The molecule has 1 aromatic carbocycles. The molecule has 5 nitrogen and oxygen atoms in total. The van der Waals surface area contributed by atoms with E-state index < -0.39 is 36.7 Å². The Kier molecular flexibility index (Phi) is 4.37. The number of carbonyl (C=O) groups excluding carboxylic acids is 1. The number of alkyl halides is 1. The van der Waals surface area contributed by atoms with Gasteiger partial charge in [0, 0.05) is 7.11 Å². The molecule has 1 heterocycles. The number of ether oxygens (including phenoxy) is 3. The van der Waals surface area contributed by atoms with Gasteiger partial charge in [-0.1, -0.05) is 18.2 Å². The Morgan fingerprint density at radius 1 is 1.45 bits per heavy atom. The van der Waals surface area contributed by atoms with Gasteiger partial charge in [0.2, 0.25) is 0 Å². The SMILES string of the molecule is COC1O[C@H](CO)[C@@H](OC(=O)c2ccccc2)C1(C)F. The van der Waals surface area contributed by atoms with Gasteiger partial charge in [0.25, 0.3) is 0 Å². The Bertz CT molecular complexity index is 462. The van der Waals surface area contributed by atoms with Crippen LogP contribution in [0.25, 0.3) is 0 Å². The van der Waals surface area contributed by atoms with Gasteiger partial charge in [-0.2, -0.15) is 0 Å². The van der Waals surface area contributed by atoms with Crippen molar-refractivity contribution in [1.29, 1.82) is 0 Å². The fourth-order valence-electron chi connectivity index (χ4n) is 2.23. The van der Waals surface area contributed by atoms with Crippen LogP contribution in [0, 0.1) is 0 Å². The number of carbonyl (C=O) groups is 1. The van der Waals surface area contributed by atoms with E-state index >= 15 is 0 Å². The zero-order chi connectivity index (χ0) is 14.8. The van der Waals surface area contributed by atoms with Crippen LogP contribution in [-0.4, -0.2) is 49.0 Å². The van der Waals surface area contributed by atoms with Crippen molar-refractivity contribution in [1.82, 2.24) is 0 Å². The smallest absolute Gasteiger partial charge is 0.338 e. The molecule has 2 unspecified atom stereocenters. The highest BCUT2D eigenvalue weighted by atomic mass is 19.1. The Balaban J connectivity index is 2.16. The van der Waals surface area contributed by atoms with E-state index in [-0.39, 0.29) is 0 Å². The minimum Gasteiger partial charge on any atom is -0.452 e. The molecule has 0 aromatic heterocycles. The van der Waals surface area contributed by atoms with Crippen LogP contribution >= 0.6 is 0 Å². The summed E-state index contributed by atoms with van der Waals surface area (Å²) in [6.07, 6.45) is -3.37. The molecule has 0 aliphatic carbocycles. The maximum Gasteiger partial charge on any atom is 0.338 e. The molecule has 1 N–H and O–H groups in total. The molecule has 110 valence electrons. The largest absolute Gasteiger partial charge is 0.452 e. The van der Waals surface area contributed by atoms with Crippen molar-refractivity contribution < 1.29 is 28.5 Å². The van der Waals surface area contributed by atoms with Crippen LogP contribution in [0.1, 0.15) is 17.3 Å². The van der Waals surface area contributed by atoms with Crippen molar-refractivity contribution in [3.8, 4) is 0 Å². The number of aliphatic hydroxyl groups excluding tert-OH is 1. The summed E-state index contributed by atoms with van der Waals surface area (Å²) in [5, 5.41) is 9.23. The highest BCUT2D eigenvalue weighted by Crippen LogP contribution is 2.37. The number of halogens is 1. The first-order valence-electron chi connectivity index (χ1n) is 6.24. The average molecular weight is 284 g/mol. The second-order valence-electron chi connectivity index (χ2n) is 4.77. The third-order valence-electron chi connectivity index (χ3n) is 3.29. The third kappa shape index (κ3) is 2.67. The predicted octanol–water partition coefficient (Wildman–Crippen LogP) is 1.30. The summed E-state index contributed by atoms with van der Waals surface area (Å²) in [6.45, 7) is 0.756. The van der Waals surface area contributed by atoms with Crippen molar-refractivity contribution in [2.24, 2.45) is 0 Å². The number of esters is 1. The summed E-state index contributed by atoms with van der Waals surface area (Å²) < 4.78 is 29.9. The van der Waals surface area contributed by atoms with Crippen molar-refractivity contribution in [3.05, 3.63) is 35.9 Å². The van der Waals surface area contributed by atoms with E-state index in [1.807, 2.05) is 0 Å². The molecule has 1 aromatic rings. The molecule has 6 heteroatoms. The second kappa shape index (κ2) is 5.87. The van der Waals surface area contributed by atoms with Crippen LogP contribution in [0.2, 0.25) is 0 Å². The molecule has 4 atom stereocenters. The van der Waals surface area contributed by atoms with E-state index in [4.69, 9.17) is 14.2 Å². The lowest BCUT2D eigenvalue weighted by molar-refractivity contribution is -0.163. The van der Waals surface area contributed by atoms with E-state index in [2.05, 4.69) is 0 Å². The molecule has 1 fully saturated rings. The Labute approximate surface area is 116 Å². The number of benzene rings is 1. The normalized spacial score (nSPS) is 33.1. The van der Waals surface area contributed by atoms with Gasteiger partial charge in [-0.3, -0.25) is 0 Å². The van der Waals surface area contributed by atoms with Crippen LogP contribution in [0.4, 0.5) is 4.39 Å². The summed E-state index contributed by atoms with van der Waals surface area (Å²) in [5.41, 5.74) is -1.73. The standard InChI is InChI=1S/C14H17FO5/c1-14(15)11(10(8-16)19-13(14)18-2)20-12(17)9-6-4-3-5-7-9/h3-7,10-11,13,16H,8H2,1-2H3/t10-,11-,13?,14?/m1/s1. The summed E-state index contributed by atoms with van der Waals surface area (Å²) in [7, 11) is 1.29. The Morgan fingerprint density at radius 3 is 2.65 bits per heavy atom. The zero-order valence-corrected chi connectivity index (χ0v) is 11.3. The second-order valence-corrected chi connectivity index (χ2v) is 4.77. The maximum absolute atomic E-state index is 14.6. The van der Waals surface area contributed by atoms with Crippen LogP contribution in [0.15, 0.2) is 30.3 Å². The molecule has 1 aliphatic rings. The molecule has 1 aliphatic heterocycles. The van der Waals surface area contributed by atoms with Gasteiger partial charge in [-0.05, 0) is 19.1 Å². The molecule has 0 radical (unpaired) electrons. The van der Waals surface area contributed by atoms with Crippen LogP contribution in [0.5, 0.6) is 0 Å². The minimum atomic E-state index is -2.04. The molecule has 0 bridgehead atoms. The van der Waals surface area contributed by atoms with Gasteiger partial charge >= 0.3 is 5.97 Å². The van der Waals surface area contributed by atoms with Crippen molar-refractivity contribution in [2.75, 3.05) is 13.7 Å².